The molecule has 0 atom stereocenters. The van der Waals surface area contributed by atoms with Crippen LogP contribution in [0, 0.1) is 12.8 Å². The lowest BCUT2D eigenvalue weighted by atomic mass is 10.2. The van der Waals surface area contributed by atoms with Gasteiger partial charge in [0.15, 0.2) is 0 Å². The fourth-order valence-electron chi connectivity index (χ4n) is 3.49. The van der Waals surface area contributed by atoms with E-state index in [1.165, 1.54) is 12.8 Å². The number of nitrogens with zero attached hydrogens (tertiary/aromatic N) is 3. The summed E-state index contributed by atoms with van der Waals surface area (Å²) in [5.41, 5.74) is 2.57. The van der Waals surface area contributed by atoms with Gasteiger partial charge in [0, 0.05) is 18.0 Å². The highest BCUT2D eigenvalue weighted by atomic mass is 35.5. The molecular weight excluding hydrogens is 398 g/mol. The summed E-state index contributed by atoms with van der Waals surface area (Å²) in [6, 6.07) is 17.2. The molecule has 1 fully saturated rings. The molecule has 30 heavy (non-hydrogen) atoms. The van der Waals surface area contributed by atoms with Crippen molar-refractivity contribution in [3.8, 4) is 17.3 Å². The minimum Gasteiger partial charge on any atom is -0.439 e. The second kappa shape index (κ2) is 8.92. The highest BCUT2D eigenvalue weighted by molar-refractivity contribution is 6.30. The van der Waals surface area contributed by atoms with E-state index in [-0.39, 0.29) is 5.91 Å². The van der Waals surface area contributed by atoms with E-state index >= 15 is 0 Å². The molecule has 1 amide bonds. The molecule has 6 heteroatoms. The van der Waals surface area contributed by atoms with Crippen molar-refractivity contribution >= 4 is 17.5 Å². The quantitative estimate of drug-likeness (QED) is 0.461. The van der Waals surface area contributed by atoms with Crippen molar-refractivity contribution in [2.45, 2.75) is 39.7 Å². The molecule has 0 saturated heterocycles. The molecule has 0 N–H and O–H groups in total. The number of hydrogen-bond donors (Lipinski definition) is 0. The zero-order chi connectivity index (χ0) is 21.1. The van der Waals surface area contributed by atoms with Gasteiger partial charge in [-0.25, -0.2) is 4.68 Å². The predicted molar refractivity (Wildman–Crippen MR) is 118 cm³/mol. The summed E-state index contributed by atoms with van der Waals surface area (Å²) in [7, 11) is 0. The van der Waals surface area contributed by atoms with Gasteiger partial charge in [-0.1, -0.05) is 42.8 Å². The number of amides is 1. The van der Waals surface area contributed by atoms with Crippen LogP contribution in [0.25, 0.3) is 5.69 Å². The van der Waals surface area contributed by atoms with E-state index in [0.29, 0.717) is 29.8 Å². The zero-order valence-corrected chi connectivity index (χ0v) is 18.1. The molecule has 0 unspecified atom stereocenters. The van der Waals surface area contributed by atoms with Gasteiger partial charge in [-0.15, -0.1) is 0 Å². The second-order valence-electron chi connectivity index (χ2n) is 7.75. The minimum absolute atomic E-state index is 0.155. The van der Waals surface area contributed by atoms with E-state index in [1.54, 1.807) is 4.68 Å². The maximum absolute atomic E-state index is 12.6. The van der Waals surface area contributed by atoms with Crippen LogP contribution in [0.1, 0.15) is 37.4 Å². The molecule has 0 spiro atoms. The Morgan fingerprint density at radius 3 is 2.63 bits per heavy atom. The molecule has 4 rings (SSSR count). The van der Waals surface area contributed by atoms with Crippen LogP contribution in [0.4, 0.5) is 0 Å². The number of carbonyl (C=O) groups excluding carboxylic acids is 1. The van der Waals surface area contributed by atoms with Gasteiger partial charge < -0.3 is 9.64 Å². The average molecular weight is 424 g/mol. The topological polar surface area (TPSA) is 47.4 Å². The van der Waals surface area contributed by atoms with Gasteiger partial charge in [-0.05, 0) is 56.0 Å². The highest BCUT2D eigenvalue weighted by Gasteiger charge is 2.29. The summed E-state index contributed by atoms with van der Waals surface area (Å²) in [5.74, 6) is 2.10. The van der Waals surface area contributed by atoms with E-state index in [0.717, 1.165) is 29.2 Å². The number of aromatic nitrogens is 2. The van der Waals surface area contributed by atoms with Gasteiger partial charge in [0.1, 0.15) is 5.75 Å². The normalized spacial score (nSPS) is 13.3. The Bertz CT molecular complexity index is 1030. The summed E-state index contributed by atoms with van der Waals surface area (Å²) >= 11 is 6.23. The van der Waals surface area contributed by atoms with Crippen LogP contribution in [0.15, 0.2) is 54.6 Å². The van der Waals surface area contributed by atoms with Gasteiger partial charge in [-0.3, -0.25) is 4.79 Å². The smallest absolute Gasteiger partial charge is 0.227 e. The number of rotatable bonds is 8. The molecule has 1 aromatic heterocycles. The first-order valence-electron chi connectivity index (χ1n) is 10.4. The SMILES string of the molecule is CCC(=O)N(Cc1c(C)nn(-c2cccc(Cl)c2)c1Oc1ccccc1)CC1CC1. The van der Waals surface area contributed by atoms with Crippen LogP contribution < -0.4 is 4.74 Å². The lowest BCUT2D eigenvalue weighted by Gasteiger charge is -2.23. The van der Waals surface area contributed by atoms with Crippen LogP contribution in [-0.2, 0) is 11.3 Å². The summed E-state index contributed by atoms with van der Waals surface area (Å²) in [6.45, 7) is 5.14. The first-order valence-corrected chi connectivity index (χ1v) is 10.8. The van der Waals surface area contributed by atoms with Crippen molar-refractivity contribution in [1.29, 1.82) is 0 Å². The van der Waals surface area contributed by atoms with Gasteiger partial charge in [0.2, 0.25) is 11.8 Å². The van der Waals surface area contributed by atoms with Gasteiger partial charge >= 0.3 is 0 Å². The van der Waals surface area contributed by atoms with Crippen molar-refractivity contribution in [1.82, 2.24) is 14.7 Å². The van der Waals surface area contributed by atoms with Crippen molar-refractivity contribution < 1.29 is 9.53 Å². The van der Waals surface area contributed by atoms with Crippen LogP contribution in [0.5, 0.6) is 11.6 Å². The summed E-state index contributed by atoms with van der Waals surface area (Å²) < 4.78 is 8.08. The molecule has 5 nitrogen and oxygen atoms in total. The van der Waals surface area contributed by atoms with Crippen molar-refractivity contribution in [3.05, 3.63) is 70.9 Å². The van der Waals surface area contributed by atoms with Crippen molar-refractivity contribution in [3.63, 3.8) is 0 Å². The molecular formula is C24H26ClN3O2. The Hall–Kier alpha value is -2.79. The maximum atomic E-state index is 12.6. The predicted octanol–water partition coefficient (Wildman–Crippen LogP) is 5.78. The van der Waals surface area contributed by atoms with E-state index < -0.39 is 0 Å². The summed E-state index contributed by atoms with van der Waals surface area (Å²) in [5, 5.41) is 5.38. The fraction of sp³-hybridized carbons (Fsp3) is 0.333. The largest absolute Gasteiger partial charge is 0.439 e. The Labute approximate surface area is 182 Å². The standard InChI is InChI=1S/C24H26ClN3O2/c1-3-23(29)27(15-18-12-13-18)16-22-17(2)26-28(20-9-7-8-19(25)14-20)24(22)30-21-10-5-4-6-11-21/h4-11,14,18H,3,12-13,15-16H2,1-2H3. The zero-order valence-electron chi connectivity index (χ0n) is 17.3. The molecule has 2 aromatic carbocycles. The van der Waals surface area contributed by atoms with Crippen LogP contribution in [0.3, 0.4) is 0 Å². The Kier molecular flexibility index (Phi) is 6.09. The molecule has 0 radical (unpaired) electrons. The number of halogens is 1. The Morgan fingerprint density at radius 1 is 1.20 bits per heavy atom. The van der Waals surface area contributed by atoms with Crippen LogP contribution in [-0.4, -0.2) is 27.1 Å². The first-order chi connectivity index (χ1) is 14.5. The van der Waals surface area contributed by atoms with E-state index in [2.05, 4.69) is 0 Å². The number of carbonyl (C=O) groups is 1. The summed E-state index contributed by atoms with van der Waals surface area (Å²) in [4.78, 5) is 14.6. The van der Waals surface area contributed by atoms with E-state index in [9.17, 15) is 4.79 Å². The Balaban J connectivity index is 1.75. The molecule has 0 aliphatic heterocycles. The fourth-order valence-corrected chi connectivity index (χ4v) is 3.67. The monoisotopic (exact) mass is 423 g/mol. The lowest BCUT2D eigenvalue weighted by molar-refractivity contribution is -0.131. The number of aryl methyl sites for hydroxylation is 1. The molecule has 0 bridgehead atoms. The first kappa shape index (κ1) is 20.5. The molecule has 1 heterocycles. The third-order valence-corrected chi connectivity index (χ3v) is 5.56. The van der Waals surface area contributed by atoms with Gasteiger partial charge in [0.05, 0.1) is 23.5 Å². The number of benzene rings is 2. The van der Waals surface area contributed by atoms with E-state index in [4.69, 9.17) is 21.4 Å². The summed E-state index contributed by atoms with van der Waals surface area (Å²) in [6.07, 6.45) is 2.88. The van der Waals surface area contributed by atoms with Crippen molar-refractivity contribution in [2.75, 3.05) is 6.54 Å². The minimum atomic E-state index is 0.155. The second-order valence-corrected chi connectivity index (χ2v) is 8.18. The molecule has 1 saturated carbocycles. The highest BCUT2D eigenvalue weighted by Crippen LogP contribution is 2.34. The van der Waals surface area contributed by atoms with Crippen LogP contribution in [0.2, 0.25) is 5.02 Å². The van der Waals surface area contributed by atoms with Gasteiger partial charge in [-0.2, -0.15) is 5.10 Å². The third kappa shape index (κ3) is 4.68. The molecule has 3 aromatic rings. The number of hydrogen-bond acceptors (Lipinski definition) is 3. The number of para-hydroxylation sites is 1. The number of ether oxygens (including phenoxy) is 1. The third-order valence-electron chi connectivity index (χ3n) is 5.33. The molecule has 156 valence electrons. The lowest BCUT2D eigenvalue weighted by Crippen LogP contribution is -2.32. The average Bonchev–Trinajstić information content (AvgIpc) is 3.52. The van der Waals surface area contributed by atoms with E-state index in [1.807, 2.05) is 73.3 Å². The molecule has 1 aliphatic carbocycles. The van der Waals surface area contributed by atoms with Crippen LogP contribution >= 0.6 is 11.6 Å². The van der Waals surface area contributed by atoms with Crippen molar-refractivity contribution in [2.24, 2.45) is 5.92 Å². The van der Waals surface area contributed by atoms with Gasteiger partial charge in [0.25, 0.3) is 0 Å². The Morgan fingerprint density at radius 2 is 1.97 bits per heavy atom. The maximum Gasteiger partial charge on any atom is 0.227 e. The molecule has 1 aliphatic rings.